The highest BCUT2D eigenvalue weighted by molar-refractivity contribution is 5.77. The zero-order valence-electron chi connectivity index (χ0n) is 12.1. The van der Waals surface area contributed by atoms with Gasteiger partial charge in [-0.3, -0.25) is 4.79 Å². The molecule has 1 N–H and O–H groups in total. The van der Waals surface area contributed by atoms with Crippen molar-refractivity contribution in [1.82, 2.24) is 14.9 Å². The van der Waals surface area contributed by atoms with Crippen molar-refractivity contribution < 1.29 is 18.3 Å². The third-order valence-electron chi connectivity index (χ3n) is 3.10. The minimum absolute atomic E-state index is 0.0802. The van der Waals surface area contributed by atoms with Gasteiger partial charge in [0, 0.05) is 31.0 Å². The molecular formula is C15H17F2N3O2. The Kier molecular flexibility index (Phi) is 5.46. The van der Waals surface area contributed by atoms with Crippen LogP contribution in [0.3, 0.4) is 0 Å². The van der Waals surface area contributed by atoms with Gasteiger partial charge in [-0.05, 0) is 18.6 Å². The Hall–Kier alpha value is -2.44. The number of aromatic nitrogens is 2. The van der Waals surface area contributed by atoms with Gasteiger partial charge in [0.15, 0.2) is 18.2 Å². The van der Waals surface area contributed by atoms with Crippen molar-refractivity contribution in [3.63, 3.8) is 0 Å². The summed E-state index contributed by atoms with van der Waals surface area (Å²) in [6, 6.07) is 2.86. The first-order chi connectivity index (χ1) is 10.6. The molecule has 7 heteroatoms. The Morgan fingerprint density at radius 2 is 2.27 bits per heavy atom. The highest BCUT2D eigenvalue weighted by Crippen LogP contribution is 2.17. The van der Waals surface area contributed by atoms with E-state index in [1.54, 1.807) is 18.7 Å². The van der Waals surface area contributed by atoms with Gasteiger partial charge in [0.2, 0.25) is 0 Å². The zero-order valence-corrected chi connectivity index (χ0v) is 12.1. The van der Waals surface area contributed by atoms with E-state index in [-0.39, 0.29) is 24.3 Å². The maximum atomic E-state index is 13.4. The SMILES string of the molecule is CC[C@@H](Cn1ccnc1)NC(=O)COc1ccc(F)cc1F. The lowest BCUT2D eigenvalue weighted by Crippen LogP contribution is -2.40. The summed E-state index contributed by atoms with van der Waals surface area (Å²) >= 11 is 0. The van der Waals surface area contributed by atoms with E-state index < -0.39 is 11.6 Å². The number of carbonyl (C=O) groups is 1. The standard InChI is InChI=1S/C15H17F2N3O2/c1-2-12(8-20-6-5-18-10-20)19-15(21)9-22-14-4-3-11(16)7-13(14)17/h3-7,10,12H,2,8-9H2,1H3,(H,19,21)/t12-/m0/s1. The van der Waals surface area contributed by atoms with Crippen LogP contribution in [-0.4, -0.2) is 28.1 Å². The van der Waals surface area contributed by atoms with Crippen LogP contribution in [0, 0.1) is 11.6 Å². The lowest BCUT2D eigenvalue weighted by atomic mass is 10.2. The molecule has 0 fully saturated rings. The minimum atomic E-state index is -0.835. The smallest absolute Gasteiger partial charge is 0.258 e. The fourth-order valence-corrected chi connectivity index (χ4v) is 1.93. The number of carbonyl (C=O) groups excluding carboxylic acids is 1. The second-order valence-corrected chi connectivity index (χ2v) is 4.80. The van der Waals surface area contributed by atoms with E-state index in [9.17, 15) is 13.6 Å². The number of nitrogens with zero attached hydrogens (tertiary/aromatic N) is 2. The predicted molar refractivity (Wildman–Crippen MR) is 76.3 cm³/mol. The van der Waals surface area contributed by atoms with Gasteiger partial charge in [-0.15, -0.1) is 0 Å². The van der Waals surface area contributed by atoms with Gasteiger partial charge in [-0.1, -0.05) is 6.92 Å². The molecule has 1 aromatic heterocycles. The van der Waals surface area contributed by atoms with Gasteiger partial charge in [-0.2, -0.15) is 0 Å². The summed E-state index contributed by atoms with van der Waals surface area (Å²) < 4.78 is 33.1. The molecule has 5 nitrogen and oxygen atoms in total. The van der Waals surface area contributed by atoms with Crippen LogP contribution in [0.25, 0.3) is 0 Å². The number of ether oxygens (including phenoxy) is 1. The minimum Gasteiger partial charge on any atom is -0.481 e. The molecule has 118 valence electrons. The van der Waals surface area contributed by atoms with E-state index in [0.29, 0.717) is 12.6 Å². The molecule has 2 rings (SSSR count). The molecular weight excluding hydrogens is 292 g/mol. The largest absolute Gasteiger partial charge is 0.481 e. The molecule has 2 aromatic rings. The van der Waals surface area contributed by atoms with Gasteiger partial charge < -0.3 is 14.6 Å². The maximum Gasteiger partial charge on any atom is 0.258 e. The summed E-state index contributed by atoms with van der Waals surface area (Å²) in [5.41, 5.74) is 0. The second kappa shape index (κ2) is 7.53. The molecule has 1 atom stereocenters. The van der Waals surface area contributed by atoms with Crippen molar-refractivity contribution in [2.45, 2.75) is 25.9 Å². The van der Waals surface area contributed by atoms with Crippen LogP contribution in [0.15, 0.2) is 36.9 Å². The first kappa shape index (κ1) is 15.9. The molecule has 0 aliphatic heterocycles. The molecule has 0 unspecified atom stereocenters. The lowest BCUT2D eigenvalue weighted by Gasteiger charge is -2.17. The number of rotatable bonds is 7. The Morgan fingerprint density at radius 3 is 2.91 bits per heavy atom. The van der Waals surface area contributed by atoms with E-state index >= 15 is 0 Å². The predicted octanol–water partition coefficient (Wildman–Crippen LogP) is 2.14. The highest BCUT2D eigenvalue weighted by atomic mass is 19.1. The summed E-state index contributed by atoms with van der Waals surface area (Å²) in [5, 5.41) is 2.80. The number of halogens is 2. The molecule has 0 saturated heterocycles. The van der Waals surface area contributed by atoms with Crippen LogP contribution >= 0.6 is 0 Å². The van der Waals surface area contributed by atoms with Crippen molar-refractivity contribution in [2.75, 3.05) is 6.61 Å². The van der Waals surface area contributed by atoms with E-state index in [4.69, 9.17) is 4.74 Å². The number of hydrogen-bond donors (Lipinski definition) is 1. The zero-order chi connectivity index (χ0) is 15.9. The molecule has 1 amide bonds. The van der Waals surface area contributed by atoms with Gasteiger partial charge in [0.05, 0.1) is 6.33 Å². The monoisotopic (exact) mass is 309 g/mol. The van der Waals surface area contributed by atoms with Crippen LogP contribution < -0.4 is 10.1 Å². The van der Waals surface area contributed by atoms with Crippen molar-refractivity contribution >= 4 is 5.91 Å². The van der Waals surface area contributed by atoms with Crippen molar-refractivity contribution in [2.24, 2.45) is 0 Å². The van der Waals surface area contributed by atoms with Crippen molar-refractivity contribution in [3.05, 3.63) is 48.6 Å². The van der Waals surface area contributed by atoms with Crippen molar-refractivity contribution in [1.29, 1.82) is 0 Å². The van der Waals surface area contributed by atoms with Crippen LogP contribution in [0.1, 0.15) is 13.3 Å². The fraction of sp³-hybridized carbons (Fsp3) is 0.333. The first-order valence-corrected chi connectivity index (χ1v) is 6.91. The highest BCUT2D eigenvalue weighted by Gasteiger charge is 2.13. The molecule has 1 heterocycles. The Labute approximate surface area is 126 Å². The first-order valence-electron chi connectivity index (χ1n) is 6.91. The van der Waals surface area contributed by atoms with E-state index in [1.165, 1.54) is 0 Å². The molecule has 0 radical (unpaired) electrons. The number of benzene rings is 1. The normalized spacial score (nSPS) is 12.0. The molecule has 1 aromatic carbocycles. The molecule has 22 heavy (non-hydrogen) atoms. The average Bonchev–Trinajstić information content (AvgIpc) is 2.98. The Morgan fingerprint density at radius 1 is 1.45 bits per heavy atom. The molecule has 0 saturated carbocycles. The quantitative estimate of drug-likeness (QED) is 0.852. The number of amides is 1. The summed E-state index contributed by atoms with van der Waals surface area (Å²) in [7, 11) is 0. The third-order valence-corrected chi connectivity index (χ3v) is 3.10. The van der Waals surface area contributed by atoms with Crippen LogP contribution in [0.5, 0.6) is 5.75 Å². The summed E-state index contributed by atoms with van der Waals surface area (Å²) in [6.07, 6.45) is 5.86. The molecule has 0 spiro atoms. The van der Waals surface area contributed by atoms with Gasteiger partial charge in [0.25, 0.3) is 5.91 Å². The van der Waals surface area contributed by atoms with Gasteiger partial charge in [-0.25, -0.2) is 13.8 Å². The van der Waals surface area contributed by atoms with E-state index in [1.807, 2.05) is 11.5 Å². The Balaban J connectivity index is 1.83. The average molecular weight is 309 g/mol. The molecule has 0 bridgehead atoms. The van der Waals surface area contributed by atoms with Gasteiger partial charge >= 0.3 is 0 Å². The molecule has 0 aliphatic rings. The summed E-state index contributed by atoms with van der Waals surface area (Å²) in [5.74, 6) is -2.05. The summed E-state index contributed by atoms with van der Waals surface area (Å²) in [6.45, 7) is 2.21. The topological polar surface area (TPSA) is 56.2 Å². The number of hydrogen-bond acceptors (Lipinski definition) is 3. The fourth-order valence-electron chi connectivity index (χ4n) is 1.93. The van der Waals surface area contributed by atoms with E-state index in [2.05, 4.69) is 10.3 Å². The summed E-state index contributed by atoms with van der Waals surface area (Å²) in [4.78, 5) is 15.8. The second-order valence-electron chi connectivity index (χ2n) is 4.80. The van der Waals surface area contributed by atoms with Crippen LogP contribution in [0.2, 0.25) is 0 Å². The number of nitrogens with one attached hydrogen (secondary N) is 1. The third kappa shape index (κ3) is 4.54. The Bertz CT molecular complexity index is 617. The van der Waals surface area contributed by atoms with Crippen LogP contribution in [-0.2, 0) is 11.3 Å². The van der Waals surface area contributed by atoms with Crippen molar-refractivity contribution in [3.8, 4) is 5.75 Å². The maximum absolute atomic E-state index is 13.4. The number of imidazole rings is 1. The van der Waals surface area contributed by atoms with Crippen LogP contribution in [0.4, 0.5) is 8.78 Å². The van der Waals surface area contributed by atoms with E-state index in [0.717, 1.165) is 18.6 Å². The molecule has 0 aliphatic carbocycles. The lowest BCUT2D eigenvalue weighted by molar-refractivity contribution is -0.123. The van der Waals surface area contributed by atoms with Gasteiger partial charge in [0.1, 0.15) is 5.82 Å².